The summed E-state index contributed by atoms with van der Waals surface area (Å²) in [5.74, 6) is 1.40. The lowest BCUT2D eigenvalue weighted by atomic mass is 9.99. The Kier molecular flexibility index (Phi) is 5.65. The number of rotatable bonds is 4. The molecule has 1 aromatic heterocycles. The van der Waals surface area contributed by atoms with Gasteiger partial charge in [0.1, 0.15) is 0 Å². The van der Waals surface area contributed by atoms with Gasteiger partial charge in [0.05, 0.1) is 20.3 Å². The number of methoxy groups -OCH3 is 2. The second-order valence-electron chi connectivity index (χ2n) is 6.78. The molecule has 0 spiro atoms. The van der Waals surface area contributed by atoms with E-state index in [9.17, 15) is 0 Å². The fourth-order valence-electron chi connectivity index (χ4n) is 3.74. The Labute approximate surface area is 180 Å². The molecular weight excluding hydrogens is 406 g/mol. The van der Waals surface area contributed by atoms with Crippen LogP contribution in [0.2, 0.25) is 5.02 Å². The highest BCUT2D eigenvalue weighted by Crippen LogP contribution is 2.37. The molecule has 29 heavy (non-hydrogen) atoms. The minimum absolute atomic E-state index is 0.0438. The summed E-state index contributed by atoms with van der Waals surface area (Å²) in [6.45, 7) is 1.65. The first-order valence-corrected chi connectivity index (χ1v) is 10.1. The van der Waals surface area contributed by atoms with Gasteiger partial charge in [-0.15, -0.1) is 0 Å². The highest BCUT2D eigenvalue weighted by Gasteiger charge is 2.31. The first kappa shape index (κ1) is 19.6. The Bertz CT molecular complexity index is 1040. The Morgan fingerprint density at radius 3 is 2.62 bits per heavy atom. The predicted octanol–water partition coefficient (Wildman–Crippen LogP) is 4.96. The van der Waals surface area contributed by atoms with Crippen molar-refractivity contribution in [1.82, 2.24) is 9.47 Å². The van der Waals surface area contributed by atoms with E-state index in [4.69, 9.17) is 33.3 Å². The zero-order chi connectivity index (χ0) is 20.4. The van der Waals surface area contributed by atoms with Gasteiger partial charge in [-0.3, -0.25) is 0 Å². The number of halogens is 1. The van der Waals surface area contributed by atoms with Crippen molar-refractivity contribution in [2.75, 3.05) is 26.1 Å². The molecule has 0 fully saturated rings. The van der Waals surface area contributed by atoms with Crippen molar-refractivity contribution < 1.29 is 9.47 Å². The van der Waals surface area contributed by atoms with E-state index < -0.39 is 0 Å². The summed E-state index contributed by atoms with van der Waals surface area (Å²) in [6.07, 6.45) is 2.11. The molecule has 0 aliphatic carbocycles. The van der Waals surface area contributed by atoms with E-state index in [1.807, 2.05) is 36.4 Å². The third-order valence-electron chi connectivity index (χ3n) is 5.10. The first-order valence-electron chi connectivity index (χ1n) is 9.31. The molecule has 0 bridgehead atoms. The van der Waals surface area contributed by atoms with Crippen LogP contribution in [-0.4, -0.2) is 35.3 Å². The predicted molar refractivity (Wildman–Crippen MR) is 120 cm³/mol. The number of aromatic nitrogens is 1. The lowest BCUT2D eigenvalue weighted by Crippen LogP contribution is -2.44. The van der Waals surface area contributed by atoms with Gasteiger partial charge < -0.3 is 24.3 Å². The van der Waals surface area contributed by atoms with Gasteiger partial charge in [-0.25, -0.2) is 0 Å². The number of anilines is 1. The summed E-state index contributed by atoms with van der Waals surface area (Å²) in [6, 6.07) is 17.7. The van der Waals surface area contributed by atoms with E-state index in [0.29, 0.717) is 21.6 Å². The maximum Gasteiger partial charge on any atom is 0.174 e. The van der Waals surface area contributed by atoms with Crippen LogP contribution in [0.25, 0.3) is 0 Å². The molecule has 0 saturated heterocycles. The van der Waals surface area contributed by atoms with Crippen molar-refractivity contribution in [3.8, 4) is 11.5 Å². The molecule has 0 saturated carbocycles. The molecule has 1 unspecified atom stereocenters. The lowest BCUT2D eigenvalue weighted by Gasteiger charge is -2.39. The minimum atomic E-state index is -0.0438. The Morgan fingerprint density at radius 2 is 1.86 bits per heavy atom. The average molecular weight is 428 g/mol. The van der Waals surface area contributed by atoms with Crippen LogP contribution in [0, 0.1) is 0 Å². The van der Waals surface area contributed by atoms with Gasteiger partial charge in [0.15, 0.2) is 16.6 Å². The molecule has 2 aromatic carbocycles. The van der Waals surface area contributed by atoms with Crippen LogP contribution in [0.3, 0.4) is 0 Å². The molecule has 0 amide bonds. The molecule has 0 radical (unpaired) electrons. The molecule has 1 aliphatic rings. The zero-order valence-corrected chi connectivity index (χ0v) is 17.8. The van der Waals surface area contributed by atoms with Crippen molar-refractivity contribution in [2.24, 2.45) is 0 Å². The number of thiocarbonyl (C=S) groups is 1. The summed E-state index contributed by atoms with van der Waals surface area (Å²) >= 11 is 11.9. The topological polar surface area (TPSA) is 38.7 Å². The van der Waals surface area contributed by atoms with Crippen LogP contribution < -0.4 is 14.8 Å². The monoisotopic (exact) mass is 427 g/mol. The molecule has 1 aliphatic heterocycles. The molecule has 7 heteroatoms. The number of nitrogens with zero attached hydrogens (tertiary/aromatic N) is 2. The molecule has 3 aromatic rings. The number of benzene rings is 2. The van der Waals surface area contributed by atoms with Crippen molar-refractivity contribution in [3.05, 3.63) is 77.1 Å². The van der Waals surface area contributed by atoms with E-state index in [1.165, 1.54) is 5.69 Å². The van der Waals surface area contributed by atoms with Gasteiger partial charge in [0.2, 0.25) is 0 Å². The van der Waals surface area contributed by atoms with Crippen molar-refractivity contribution >= 4 is 34.6 Å². The number of hydrogen-bond acceptors (Lipinski definition) is 3. The van der Waals surface area contributed by atoms with Crippen LogP contribution >= 0.6 is 23.8 Å². The first-order chi connectivity index (χ1) is 14.1. The minimum Gasteiger partial charge on any atom is -0.493 e. The van der Waals surface area contributed by atoms with Gasteiger partial charge in [-0.2, -0.15) is 0 Å². The Hall–Kier alpha value is -2.70. The highest BCUT2D eigenvalue weighted by atomic mass is 35.5. The van der Waals surface area contributed by atoms with E-state index in [2.05, 4.69) is 39.2 Å². The van der Waals surface area contributed by atoms with Crippen LogP contribution in [0.5, 0.6) is 11.5 Å². The summed E-state index contributed by atoms with van der Waals surface area (Å²) in [4.78, 5) is 2.20. The Morgan fingerprint density at radius 1 is 1.03 bits per heavy atom. The quantitative estimate of drug-likeness (QED) is 0.596. The summed E-state index contributed by atoms with van der Waals surface area (Å²) in [7, 11) is 3.29. The highest BCUT2D eigenvalue weighted by molar-refractivity contribution is 7.80. The SMILES string of the molecule is COc1ccc(C2c3cccn3CCN2C(=S)Nc2cccc(Cl)c2)cc1OC. The van der Waals surface area contributed by atoms with Crippen LogP contribution in [0.4, 0.5) is 5.69 Å². The normalized spacial score (nSPS) is 15.6. The fraction of sp³-hybridized carbons (Fsp3) is 0.227. The molecule has 1 N–H and O–H groups in total. The van der Waals surface area contributed by atoms with Crippen molar-refractivity contribution in [2.45, 2.75) is 12.6 Å². The van der Waals surface area contributed by atoms with E-state index in [1.54, 1.807) is 14.2 Å². The largest absolute Gasteiger partial charge is 0.493 e. The number of nitrogens with one attached hydrogen (secondary N) is 1. The maximum atomic E-state index is 6.13. The third kappa shape index (κ3) is 3.91. The standard InChI is InChI=1S/C22H22ClN3O2S/c1-27-19-9-8-15(13-20(19)28-2)21-18-7-4-10-25(18)11-12-26(21)22(29)24-17-6-3-5-16(23)14-17/h3-10,13-14,21H,11-12H2,1-2H3,(H,24,29). The summed E-state index contributed by atoms with van der Waals surface area (Å²) in [5.41, 5.74) is 3.13. The van der Waals surface area contributed by atoms with E-state index >= 15 is 0 Å². The summed E-state index contributed by atoms with van der Waals surface area (Å²) in [5, 5.41) is 4.65. The summed E-state index contributed by atoms with van der Waals surface area (Å²) < 4.78 is 13.2. The molecule has 2 heterocycles. The van der Waals surface area contributed by atoms with Gasteiger partial charge in [-0.1, -0.05) is 23.7 Å². The van der Waals surface area contributed by atoms with Gasteiger partial charge in [0, 0.05) is 35.7 Å². The van der Waals surface area contributed by atoms with Crippen molar-refractivity contribution in [3.63, 3.8) is 0 Å². The average Bonchev–Trinajstić information content (AvgIpc) is 3.21. The number of hydrogen-bond donors (Lipinski definition) is 1. The van der Waals surface area contributed by atoms with Gasteiger partial charge in [-0.05, 0) is 60.2 Å². The lowest BCUT2D eigenvalue weighted by molar-refractivity contribution is 0.291. The number of fused-ring (bicyclic) bond motifs is 1. The van der Waals surface area contributed by atoms with Crippen LogP contribution in [-0.2, 0) is 6.54 Å². The van der Waals surface area contributed by atoms with Gasteiger partial charge in [0.25, 0.3) is 0 Å². The molecule has 150 valence electrons. The third-order valence-corrected chi connectivity index (χ3v) is 5.67. The molecule has 1 atom stereocenters. The van der Waals surface area contributed by atoms with Gasteiger partial charge >= 0.3 is 0 Å². The maximum absolute atomic E-state index is 6.13. The van der Waals surface area contributed by atoms with Crippen LogP contribution in [0.1, 0.15) is 17.3 Å². The molecular formula is C22H22ClN3O2S. The Balaban J connectivity index is 1.70. The fourth-order valence-corrected chi connectivity index (χ4v) is 4.24. The second kappa shape index (κ2) is 8.35. The molecule has 5 nitrogen and oxygen atoms in total. The van der Waals surface area contributed by atoms with E-state index in [-0.39, 0.29) is 6.04 Å². The van der Waals surface area contributed by atoms with E-state index in [0.717, 1.165) is 24.3 Å². The number of ether oxygens (including phenoxy) is 2. The smallest absolute Gasteiger partial charge is 0.174 e. The zero-order valence-electron chi connectivity index (χ0n) is 16.3. The van der Waals surface area contributed by atoms with Crippen molar-refractivity contribution in [1.29, 1.82) is 0 Å². The van der Waals surface area contributed by atoms with Crippen LogP contribution in [0.15, 0.2) is 60.8 Å². The second-order valence-corrected chi connectivity index (χ2v) is 7.60. The molecule has 4 rings (SSSR count).